The van der Waals surface area contributed by atoms with Gasteiger partial charge in [0.15, 0.2) is 0 Å². The summed E-state index contributed by atoms with van der Waals surface area (Å²) >= 11 is 6.05. The summed E-state index contributed by atoms with van der Waals surface area (Å²) in [6.07, 6.45) is 4.97. The standard InChI is InChI=1S/C21H20ClN3O3/c22-15-6-3-5-14(11-15)12-16-13-23-20(28-16)18-8-1-2-10-25(18)21(27)17-7-4-9-19(26)24-17/h3-7,9,11,13,18H,1-2,8,10,12H2,(H,24,26)/t18-/m0/s1. The van der Waals surface area contributed by atoms with Crippen molar-refractivity contribution in [2.24, 2.45) is 0 Å². The van der Waals surface area contributed by atoms with E-state index in [1.807, 2.05) is 24.3 Å². The van der Waals surface area contributed by atoms with E-state index in [1.54, 1.807) is 23.2 Å². The summed E-state index contributed by atoms with van der Waals surface area (Å²) in [6, 6.07) is 12.0. The van der Waals surface area contributed by atoms with Crippen LogP contribution in [0.4, 0.5) is 0 Å². The molecule has 0 aliphatic carbocycles. The first kappa shape index (κ1) is 18.5. The van der Waals surface area contributed by atoms with Crippen LogP contribution < -0.4 is 5.56 Å². The van der Waals surface area contributed by atoms with Gasteiger partial charge in [0.25, 0.3) is 5.91 Å². The first-order valence-electron chi connectivity index (χ1n) is 9.29. The van der Waals surface area contributed by atoms with Crippen LogP contribution in [-0.2, 0) is 6.42 Å². The highest BCUT2D eigenvalue weighted by molar-refractivity contribution is 6.30. The molecule has 0 spiro atoms. The number of aromatic amines is 1. The number of carbonyl (C=O) groups is 1. The van der Waals surface area contributed by atoms with Gasteiger partial charge in [-0.05, 0) is 43.0 Å². The number of hydrogen-bond acceptors (Lipinski definition) is 4. The minimum atomic E-state index is -0.292. The van der Waals surface area contributed by atoms with E-state index in [1.165, 1.54) is 6.07 Å². The molecule has 1 atom stereocenters. The average Bonchev–Trinajstić information content (AvgIpc) is 3.16. The Morgan fingerprint density at radius 1 is 1.25 bits per heavy atom. The molecule has 0 bridgehead atoms. The number of pyridine rings is 1. The van der Waals surface area contributed by atoms with Crippen LogP contribution in [-0.4, -0.2) is 27.3 Å². The molecule has 4 rings (SSSR count). The van der Waals surface area contributed by atoms with Crippen molar-refractivity contribution >= 4 is 17.5 Å². The van der Waals surface area contributed by atoms with Crippen molar-refractivity contribution in [1.29, 1.82) is 0 Å². The molecule has 1 aliphatic heterocycles. The predicted octanol–water partition coefficient (Wildman–Crippen LogP) is 3.97. The minimum absolute atomic E-state index is 0.211. The van der Waals surface area contributed by atoms with E-state index < -0.39 is 0 Å². The highest BCUT2D eigenvalue weighted by atomic mass is 35.5. The Balaban J connectivity index is 1.55. The molecule has 0 saturated carbocycles. The zero-order valence-electron chi connectivity index (χ0n) is 15.2. The Morgan fingerprint density at radius 3 is 2.93 bits per heavy atom. The summed E-state index contributed by atoms with van der Waals surface area (Å²) in [4.78, 5) is 33.3. The highest BCUT2D eigenvalue weighted by Gasteiger charge is 2.32. The molecule has 1 N–H and O–H groups in total. The molecule has 1 amide bonds. The van der Waals surface area contributed by atoms with E-state index in [0.717, 1.165) is 30.6 Å². The molecule has 144 valence electrons. The summed E-state index contributed by atoms with van der Waals surface area (Å²) in [7, 11) is 0. The van der Waals surface area contributed by atoms with Crippen LogP contribution in [0.2, 0.25) is 5.02 Å². The zero-order chi connectivity index (χ0) is 19.5. The van der Waals surface area contributed by atoms with Gasteiger partial charge in [0.05, 0.1) is 6.20 Å². The van der Waals surface area contributed by atoms with Crippen LogP contribution in [0.3, 0.4) is 0 Å². The van der Waals surface area contributed by atoms with E-state index in [9.17, 15) is 9.59 Å². The maximum absolute atomic E-state index is 12.9. The number of rotatable bonds is 4. The van der Waals surface area contributed by atoms with Crippen LogP contribution in [0.25, 0.3) is 0 Å². The van der Waals surface area contributed by atoms with Gasteiger partial charge in [-0.1, -0.05) is 29.8 Å². The first-order chi connectivity index (χ1) is 13.6. The van der Waals surface area contributed by atoms with E-state index in [4.69, 9.17) is 16.0 Å². The fourth-order valence-corrected chi connectivity index (χ4v) is 3.78. The zero-order valence-corrected chi connectivity index (χ0v) is 16.0. The Morgan fingerprint density at radius 2 is 2.11 bits per heavy atom. The lowest BCUT2D eigenvalue weighted by molar-refractivity contribution is 0.0563. The minimum Gasteiger partial charge on any atom is -0.443 e. The lowest BCUT2D eigenvalue weighted by atomic mass is 10.0. The SMILES string of the molecule is O=C(c1cccc(=O)[nH]1)N1CCCC[C@H]1c1ncc(Cc2cccc(Cl)c2)o1. The van der Waals surface area contributed by atoms with Crippen LogP contribution >= 0.6 is 11.6 Å². The molecule has 1 aromatic carbocycles. The van der Waals surface area contributed by atoms with Crippen molar-refractivity contribution in [2.45, 2.75) is 31.7 Å². The van der Waals surface area contributed by atoms with Crippen molar-refractivity contribution in [1.82, 2.24) is 14.9 Å². The number of amides is 1. The third-order valence-corrected chi connectivity index (χ3v) is 5.12. The number of carbonyl (C=O) groups excluding carboxylic acids is 1. The number of nitrogens with zero attached hydrogens (tertiary/aromatic N) is 2. The summed E-state index contributed by atoms with van der Waals surface area (Å²) in [5.41, 5.74) is 1.03. The summed E-state index contributed by atoms with van der Waals surface area (Å²) in [5.74, 6) is 1.05. The molecule has 0 radical (unpaired) electrons. The van der Waals surface area contributed by atoms with Crippen LogP contribution in [0, 0.1) is 0 Å². The fraction of sp³-hybridized carbons (Fsp3) is 0.286. The van der Waals surface area contributed by atoms with Crippen molar-refractivity contribution in [2.75, 3.05) is 6.54 Å². The number of oxazole rings is 1. The van der Waals surface area contributed by atoms with E-state index in [-0.39, 0.29) is 23.2 Å². The molecule has 2 aromatic heterocycles. The van der Waals surface area contributed by atoms with Gasteiger partial charge in [0.2, 0.25) is 11.4 Å². The molecular weight excluding hydrogens is 378 g/mol. The van der Waals surface area contributed by atoms with Crippen molar-refractivity contribution < 1.29 is 9.21 Å². The predicted molar refractivity (Wildman–Crippen MR) is 105 cm³/mol. The monoisotopic (exact) mass is 397 g/mol. The topological polar surface area (TPSA) is 79.2 Å². The molecular formula is C21H20ClN3O3. The van der Waals surface area contributed by atoms with Gasteiger partial charge in [-0.25, -0.2) is 4.98 Å². The number of likely N-dealkylation sites (tertiary alicyclic amines) is 1. The van der Waals surface area contributed by atoms with Crippen molar-refractivity contribution in [3.05, 3.63) is 86.9 Å². The van der Waals surface area contributed by atoms with Crippen molar-refractivity contribution in [3.63, 3.8) is 0 Å². The Hall–Kier alpha value is -2.86. The molecule has 3 heterocycles. The number of piperidine rings is 1. The van der Waals surface area contributed by atoms with E-state index in [2.05, 4.69) is 9.97 Å². The maximum atomic E-state index is 12.9. The number of hydrogen-bond donors (Lipinski definition) is 1. The molecule has 1 aliphatic rings. The second-order valence-electron chi connectivity index (χ2n) is 6.91. The third-order valence-electron chi connectivity index (χ3n) is 4.89. The van der Waals surface area contributed by atoms with E-state index >= 15 is 0 Å². The number of benzene rings is 1. The summed E-state index contributed by atoms with van der Waals surface area (Å²) < 4.78 is 5.99. The van der Waals surface area contributed by atoms with Crippen LogP contribution in [0.15, 0.2) is 57.9 Å². The summed E-state index contributed by atoms with van der Waals surface area (Å²) in [6.45, 7) is 0.604. The molecule has 1 saturated heterocycles. The average molecular weight is 398 g/mol. The number of aromatic nitrogens is 2. The molecule has 3 aromatic rings. The smallest absolute Gasteiger partial charge is 0.271 e. The van der Waals surface area contributed by atoms with Gasteiger partial charge >= 0.3 is 0 Å². The Labute approximate surface area is 167 Å². The second kappa shape index (κ2) is 8.02. The first-order valence-corrected chi connectivity index (χ1v) is 9.67. The normalized spacial score (nSPS) is 16.9. The fourth-order valence-electron chi connectivity index (χ4n) is 3.57. The third kappa shape index (κ3) is 4.02. The van der Waals surface area contributed by atoms with Crippen molar-refractivity contribution in [3.8, 4) is 0 Å². The lowest BCUT2D eigenvalue weighted by Crippen LogP contribution is -2.39. The van der Waals surface area contributed by atoms with Crippen LogP contribution in [0.1, 0.15) is 53.0 Å². The Bertz CT molecular complexity index is 1040. The number of halogens is 1. The quantitative estimate of drug-likeness (QED) is 0.722. The van der Waals surface area contributed by atoms with Gasteiger partial charge in [0, 0.05) is 24.1 Å². The van der Waals surface area contributed by atoms with E-state index in [0.29, 0.717) is 23.9 Å². The maximum Gasteiger partial charge on any atom is 0.271 e. The van der Waals surface area contributed by atoms with Crippen LogP contribution in [0.5, 0.6) is 0 Å². The second-order valence-corrected chi connectivity index (χ2v) is 7.35. The molecule has 1 fully saturated rings. The van der Waals surface area contributed by atoms with Gasteiger partial charge in [0.1, 0.15) is 17.5 Å². The summed E-state index contributed by atoms with van der Waals surface area (Å²) in [5, 5.41) is 0.679. The number of H-pyrrole nitrogens is 1. The molecule has 7 heteroatoms. The molecule has 28 heavy (non-hydrogen) atoms. The molecule has 0 unspecified atom stereocenters. The number of nitrogens with one attached hydrogen (secondary N) is 1. The van der Waals surface area contributed by atoms with Gasteiger partial charge in [-0.3, -0.25) is 9.59 Å². The van der Waals surface area contributed by atoms with Gasteiger partial charge in [-0.15, -0.1) is 0 Å². The van der Waals surface area contributed by atoms with Gasteiger partial charge < -0.3 is 14.3 Å². The highest BCUT2D eigenvalue weighted by Crippen LogP contribution is 2.32. The molecule has 6 nitrogen and oxygen atoms in total. The largest absolute Gasteiger partial charge is 0.443 e. The van der Waals surface area contributed by atoms with Gasteiger partial charge in [-0.2, -0.15) is 0 Å². The lowest BCUT2D eigenvalue weighted by Gasteiger charge is -2.33. The Kier molecular flexibility index (Phi) is 5.30.